The van der Waals surface area contributed by atoms with Crippen molar-refractivity contribution < 1.29 is 14.7 Å². The van der Waals surface area contributed by atoms with Gasteiger partial charge >= 0.3 is 5.97 Å². The van der Waals surface area contributed by atoms with E-state index in [1.54, 1.807) is 0 Å². The fourth-order valence-corrected chi connectivity index (χ4v) is 1.81. The summed E-state index contributed by atoms with van der Waals surface area (Å²) in [7, 11) is 0. The third-order valence-corrected chi connectivity index (χ3v) is 3.06. The minimum Gasteiger partial charge on any atom is -0.480 e. The van der Waals surface area contributed by atoms with E-state index in [4.69, 9.17) is 5.11 Å². The average Bonchev–Trinajstić information content (AvgIpc) is 2.97. The van der Waals surface area contributed by atoms with E-state index in [1.165, 1.54) is 0 Å². The first-order valence-electron chi connectivity index (χ1n) is 5.95. The van der Waals surface area contributed by atoms with Crippen molar-refractivity contribution in [3.8, 4) is 0 Å². The predicted octanol–water partition coefficient (Wildman–Crippen LogP) is 1.65. The van der Waals surface area contributed by atoms with Crippen molar-refractivity contribution in [1.29, 1.82) is 0 Å². The number of rotatable bonds is 6. The summed E-state index contributed by atoms with van der Waals surface area (Å²) in [5.74, 6) is -0.374. The van der Waals surface area contributed by atoms with Crippen LogP contribution < -0.4 is 5.32 Å². The van der Waals surface area contributed by atoms with Gasteiger partial charge in [-0.25, -0.2) is 4.79 Å². The molecule has 0 saturated heterocycles. The first kappa shape index (κ1) is 13.0. The lowest BCUT2D eigenvalue weighted by Gasteiger charge is -2.19. The number of aliphatic carboxylic acids is 1. The van der Waals surface area contributed by atoms with Gasteiger partial charge < -0.3 is 10.4 Å². The number of hydrogen-bond acceptors (Lipinski definition) is 2. The molecule has 92 valence electrons. The molecule has 1 fully saturated rings. The standard InChI is InChI=1S/C12H21NO3/c1-7(2)6-10(12(15)16)13-11(14)8(3)9-4-5-9/h7-10H,4-6H2,1-3H3,(H,13,14)(H,15,16). The van der Waals surface area contributed by atoms with Crippen LogP contribution in [0, 0.1) is 17.8 Å². The van der Waals surface area contributed by atoms with Crippen LogP contribution in [0.4, 0.5) is 0 Å². The van der Waals surface area contributed by atoms with Gasteiger partial charge in [-0.1, -0.05) is 20.8 Å². The quantitative estimate of drug-likeness (QED) is 0.725. The van der Waals surface area contributed by atoms with Crippen molar-refractivity contribution in [3.63, 3.8) is 0 Å². The van der Waals surface area contributed by atoms with E-state index in [1.807, 2.05) is 20.8 Å². The number of carboxylic acids is 1. The molecule has 1 rings (SSSR count). The summed E-state index contributed by atoms with van der Waals surface area (Å²) in [6.45, 7) is 5.78. The number of carboxylic acid groups (broad SMARTS) is 1. The largest absolute Gasteiger partial charge is 0.480 e. The summed E-state index contributed by atoms with van der Waals surface area (Å²) < 4.78 is 0. The van der Waals surface area contributed by atoms with E-state index in [2.05, 4.69) is 5.32 Å². The van der Waals surface area contributed by atoms with Gasteiger partial charge in [-0.05, 0) is 31.1 Å². The van der Waals surface area contributed by atoms with Crippen LogP contribution in [-0.2, 0) is 9.59 Å². The predicted molar refractivity (Wildman–Crippen MR) is 60.9 cm³/mol. The van der Waals surface area contributed by atoms with Gasteiger partial charge in [-0.15, -0.1) is 0 Å². The van der Waals surface area contributed by atoms with Gasteiger partial charge in [0.2, 0.25) is 5.91 Å². The van der Waals surface area contributed by atoms with Crippen LogP contribution in [0.2, 0.25) is 0 Å². The second kappa shape index (κ2) is 5.32. The molecule has 4 nitrogen and oxygen atoms in total. The highest BCUT2D eigenvalue weighted by Gasteiger charge is 2.34. The van der Waals surface area contributed by atoms with Gasteiger partial charge in [0.25, 0.3) is 0 Å². The van der Waals surface area contributed by atoms with E-state index >= 15 is 0 Å². The minimum absolute atomic E-state index is 0.0472. The first-order chi connectivity index (χ1) is 7.41. The van der Waals surface area contributed by atoms with Gasteiger partial charge in [0, 0.05) is 5.92 Å². The van der Waals surface area contributed by atoms with Crippen LogP contribution in [0.25, 0.3) is 0 Å². The molecule has 16 heavy (non-hydrogen) atoms. The molecule has 2 unspecified atom stereocenters. The van der Waals surface area contributed by atoms with Crippen LogP contribution in [0.1, 0.15) is 40.0 Å². The molecule has 0 aromatic heterocycles. The van der Waals surface area contributed by atoms with E-state index in [0.29, 0.717) is 12.3 Å². The fraction of sp³-hybridized carbons (Fsp3) is 0.833. The van der Waals surface area contributed by atoms with Crippen molar-refractivity contribution in [2.24, 2.45) is 17.8 Å². The molecule has 2 N–H and O–H groups in total. The second-order valence-corrected chi connectivity index (χ2v) is 5.16. The van der Waals surface area contributed by atoms with Crippen LogP contribution >= 0.6 is 0 Å². The zero-order chi connectivity index (χ0) is 12.3. The summed E-state index contributed by atoms with van der Waals surface area (Å²) in [5, 5.41) is 11.6. The molecule has 1 saturated carbocycles. The molecule has 0 bridgehead atoms. The molecule has 1 aliphatic carbocycles. The zero-order valence-electron chi connectivity index (χ0n) is 10.2. The zero-order valence-corrected chi connectivity index (χ0v) is 10.2. The summed E-state index contributed by atoms with van der Waals surface area (Å²) in [5.41, 5.74) is 0. The van der Waals surface area contributed by atoms with Crippen LogP contribution in [0.5, 0.6) is 0 Å². The maximum Gasteiger partial charge on any atom is 0.326 e. The highest BCUT2D eigenvalue weighted by atomic mass is 16.4. The first-order valence-corrected chi connectivity index (χ1v) is 5.95. The van der Waals surface area contributed by atoms with Gasteiger partial charge in [0.05, 0.1) is 0 Å². The second-order valence-electron chi connectivity index (χ2n) is 5.16. The maximum absolute atomic E-state index is 11.7. The van der Waals surface area contributed by atoms with Crippen molar-refractivity contribution >= 4 is 11.9 Å². The molecular weight excluding hydrogens is 206 g/mol. The summed E-state index contributed by atoms with van der Waals surface area (Å²) in [4.78, 5) is 22.7. The van der Waals surface area contributed by atoms with Crippen molar-refractivity contribution in [2.75, 3.05) is 0 Å². The lowest BCUT2D eigenvalue weighted by Crippen LogP contribution is -2.44. The van der Waals surface area contributed by atoms with Gasteiger partial charge in [-0.3, -0.25) is 4.79 Å². The summed E-state index contributed by atoms with van der Waals surface area (Å²) in [6, 6.07) is -0.742. The number of nitrogens with one attached hydrogen (secondary N) is 1. The number of amides is 1. The highest BCUT2D eigenvalue weighted by Crippen LogP contribution is 2.36. The van der Waals surface area contributed by atoms with E-state index in [0.717, 1.165) is 12.8 Å². The molecule has 4 heteroatoms. The average molecular weight is 227 g/mol. The Morgan fingerprint density at radius 2 is 1.88 bits per heavy atom. The Kier molecular flexibility index (Phi) is 4.33. The van der Waals surface area contributed by atoms with Gasteiger partial charge in [0.15, 0.2) is 0 Å². The molecule has 0 aromatic carbocycles. The molecule has 2 atom stereocenters. The molecule has 0 spiro atoms. The van der Waals surface area contributed by atoms with Crippen molar-refractivity contribution in [3.05, 3.63) is 0 Å². The Balaban J connectivity index is 2.46. The smallest absolute Gasteiger partial charge is 0.326 e. The molecule has 0 aromatic rings. The monoisotopic (exact) mass is 227 g/mol. The van der Waals surface area contributed by atoms with E-state index in [-0.39, 0.29) is 17.7 Å². The SMILES string of the molecule is CC(C)CC(NC(=O)C(C)C1CC1)C(=O)O. The summed E-state index contributed by atoms with van der Waals surface area (Å²) in [6.07, 6.45) is 2.67. The van der Waals surface area contributed by atoms with E-state index < -0.39 is 12.0 Å². The van der Waals surface area contributed by atoms with E-state index in [9.17, 15) is 9.59 Å². The minimum atomic E-state index is -0.940. The number of carbonyl (C=O) groups excluding carboxylic acids is 1. The lowest BCUT2D eigenvalue weighted by atomic mass is 10.0. The lowest BCUT2D eigenvalue weighted by molar-refractivity contribution is -0.143. The molecule has 1 aliphatic rings. The van der Waals surface area contributed by atoms with Crippen molar-refractivity contribution in [2.45, 2.75) is 46.1 Å². The molecular formula is C12H21NO3. The molecule has 0 aliphatic heterocycles. The third-order valence-electron chi connectivity index (χ3n) is 3.06. The van der Waals surface area contributed by atoms with Crippen LogP contribution in [0.3, 0.4) is 0 Å². The molecule has 0 heterocycles. The topological polar surface area (TPSA) is 66.4 Å². The Morgan fingerprint density at radius 1 is 1.31 bits per heavy atom. The van der Waals surface area contributed by atoms with Crippen LogP contribution in [-0.4, -0.2) is 23.0 Å². The maximum atomic E-state index is 11.7. The Bertz CT molecular complexity index is 271. The van der Waals surface area contributed by atoms with Crippen molar-refractivity contribution in [1.82, 2.24) is 5.32 Å². The van der Waals surface area contributed by atoms with Crippen LogP contribution in [0.15, 0.2) is 0 Å². The molecule has 1 amide bonds. The number of carbonyl (C=O) groups is 2. The van der Waals surface area contributed by atoms with Gasteiger partial charge in [0.1, 0.15) is 6.04 Å². The Morgan fingerprint density at radius 3 is 2.25 bits per heavy atom. The van der Waals surface area contributed by atoms with Gasteiger partial charge in [-0.2, -0.15) is 0 Å². The third kappa shape index (κ3) is 3.83. The normalized spacial score (nSPS) is 19.2. The number of hydrogen-bond donors (Lipinski definition) is 2. The Hall–Kier alpha value is -1.06. The fourth-order valence-electron chi connectivity index (χ4n) is 1.81. The summed E-state index contributed by atoms with van der Waals surface area (Å²) >= 11 is 0. The molecule has 0 radical (unpaired) electrons. The Labute approximate surface area is 96.4 Å². The highest BCUT2D eigenvalue weighted by molar-refractivity contribution is 5.85.